The molecule has 0 aliphatic heterocycles. The Balaban J connectivity index is 3.37. The Morgan fingerprint density at radius 3 is 1.06 bits per heavy atom. The number of aliphatic hydroxyl groups is 2. The molecule has 2 atom stereocenters. The molecule has 1 amide bonds. The molecular formula is C58H109NO3. The maximum atomic E-state index is 12.5. The minimum atomic E-state index is -0.656. The average molecular weight is 869 g/mol. The summed E-state index contributed by atoms with van der Waals surface area (Å²) in [6.45, 7) is 4.26. The molecule has 3 N–H and O–H groups in total. The Morgan fingerprint density at radius 1 is 0.403 bits per heavy atom. The summed E-state index contributed by atoms with van der Waals surface area (Å²) in [6, 6.07) is -0.533. The van der Waals surface area contributed by atoms with Gasteiger partial charge in [-0.25, -0.2) is 0 Å². The summed E-state index contributed by atoms with van der Waals surface area (Å²) in [5.41, 5.74) is 0. The summed E-state index contributed by atoms with van der Waals surface area (Å²) in [6.07, 6.45) is 73.9. The molecule has 0 bridgehead atoms. The summed E-state index contributed by atoms with van der Waals surface area (Å²) in [5.74, 6) is -0.0272. The quantitative estimate of drug-likeness (QED) is 0.0421. The molecule has 0 aromatic carbocycles. The van der Waals surface area contributed by atoms with E-state index in [4.69, 9.17) is 0 Å². The number of aliphatic hydroxyl groups excluding tert-OH is 2. The van der Waals surface area contributed by atoms with Gasteiger partial charge in [-0.2, -0.15) is 0 Å². The third-order valence-electron chi connectivity index (χ3n) is 12.9. The van der Waals surface area contributed by atoms with Crippen LogP contribution in [-0.4, -0.2) is 34.9 Å². The van der Waals surface area contributed by atoms with Crippen molar-refractivity contribution in [3.8, 4) is 0 Å². The number of carbonyl (C=O) groups is 1. The molecule has 4 nitrogen and oxygen atoms in total. The molecule has 62 heavy (non-hydrogen) atoms. The first-order valence-corrected chi connectivity index (χ1v) is 27.8. The molecule has 0 aromatic heterocycles. The van der Waals surface area contributed by atoms with Gasteiger partial charge in [0.25, 0.3) is 0 Å². The van der Waals surface area contributed by atoms with Crippen molar-refractivity contribution in [1.29, 1.82) is 0 Å². The normalized spacial score (nSPS) is 13.2. The summed E-state index contributed by atoms with van der Waals surface area (Å²) < 4.78 is 0. The lowest BCUT2D eigenvalue weighted by Crippen LogP contribution is -2.45. The maximum Gasteiger partial charge on any atom is 0.220 e. The minimum Gasteiger partial charge on any atom is -0.394 e. The van der Waals surface area contributed by atoms with Gasteiger partial charge in [-0.3, -0.25) is 4.79 Å². The van der Waals surface area contributed by atoms with Crippen LogP contribution in [0.3, 0.4) is 0 Å². The van der Waals surface area contributed by atoms with Gasteiger partial charge in [0.1, 0.15) is 0 Å². The molecule has 0 fully saturated rings. The fraction of sp³-hybridized carbons (Fsp3) is 0.845. The van der Waals surface area contributed by atoms with Crippen LogP contribution < -0.4 is 5.32 Å². The number of carbonyl (C=O) groups excluding carboxylic acids is 1. The Bertz CT molecular complexity index is 985. The van der Waals surface area contributed by atoms with Gasteiger partial charge in [0.2, 0.25) is 5.91 Å². The second kappa shape index (κ2) is 53.7. The van der Waals surface area contributed by atoms with Crippen LogP contribution >= 0.6 is 0 Å². The van der Waals surface area contributed by atoms with Gasteiger partial charge in [-0.05, 0) is 51.4 Å². The van der Waals surface area contributed by atoms with Crippen LogP contribution in [0.4, 0.5) is 0 Å². The van der Waals surface area contributed by atoms with Crippen LogP contribution in [0, 0.1) is 0 Å². The van der Waals surface area contributed by atoms with E-state index in [-0.39, 0.29) is 12.5 Å². The highest BCUT2D eigenvalue weighted by molar-refractivity contribution is 5.76. The number of rotatable bonds is 51. The SMILES string of the molecule is CC/C=C\C/C=C\C/C=C\C/C=C\CCCCCCCCCCCCCCCCCCCCCCCCCCC(=O)NC(CO)C(O)CCCCCCCCCCCCCCC. The molecule has 0 heterocycles. The van der Waals surface area contributed by atoms with Crippen molar-refractivity contribution in [3.05, 3.63) is 48.6 Å². The first kappa shape index (κ1) is 60.4. The third kappa shape index (κ3) is 49.4. The molecule has 0 aromatic rings. The molecule has 0 aliphatic carbocycles. The van der Waals surface area contributed by atoms with Crippen molar-refractivity contribution in [2.75, 3.05) is 6.61 Å². The molecule has 0 saturated heterocycles. The lowest BCUT2D eigenvalue weighted by Gasteiger charge is -2.22. The van der Waals surface area contributed by atoms with Crippen molar-refractivity contribution in [2.45, 2.75) is 309 Å². The largest absolute Gasteiger partial charge is 0.394 e. The third-order valence-corrected chi connectivity index (χ3v) is 12.9. The molecule has 0 spiro atoms. The van der Waals surface area contributed by atoms with E-state index in [0.717, 1.165) is 51.4 Å². The second-order valence-corrected chi connectivity index (χ2v) is 19.0. The highest BCUT2D eigenvalue weighted by atomic mass is 16.3. The van der Waals surface area contributed by atoms with Gasteiger partial charge in [0, 0.05) is 6.42 Å². The first-order valence-electron chi connectivity index (χ1n) is 27.8. The Morgan fingerprint density at radius 2 is 0.710 bits per heavy atom. The van der Waals surface area contributed by atoms with Crippen LogP contribution in [-0.2, 0) is 4.79 Å². The summed E-state index contributed by atoms with van der Waals surface area (Å²) in [7, 11) is 0. The molecular weight excluding hydrogens is 759 g/mol. The number of unbranched alkanes of at least 4 members (excludes halogenated alkanes) is 36. The molecule has 0 rings (SSSR count). The zero-order chi connectivity index (χ0) is 44.9. The number of hydrogen-bond acceptors (Lipinski definition) is 3. The van der Waals surface area contributed by atoms with E-state index in [1.165, 1.54) is 218 Å². The number of allylic oxidation sites excluding steroid dienone is 8. The number of amides is 1. The molecule has 364 valence electrons. The molecule has 2 unspecified atom stereocenters. The standard InChI is InChI=1S/C58H109NO3/c1-3-5-7-9-11-13-15-17-18-19-20-21-22-23-24-25-26-27-28-29-30-31-32-33-34-35-36-37-38-39-40-42-44-46-48-50-52-54-58(62)59-56(55-60)57(61)53-51-49-47-45-43-41-16-14-12-10-8-6-4-2/h5,7,11,13,17-18,20-21,56-57,60-61H,3-4,6,8-10,12,14-16,19,22-55H2,1-2H3,(H,59,62)/b7-5-,13-11-,18-17-,21-20-. The number of hydrogen-bond donors (Lipinski definition) is 3. The van der Waals surface area contributed by atoms with Crippen LogP contribution in [0.15, 0.2) is 48.6 Å². The molecule has 0 saturated carbocycles. The van der Waals surface area contributed by atoms with Gasteiger partial charge in [0.05, 0.1) is 18.8 Å². The second-order valence-electron chi connectivity index (χ2n) is 19.0. The van der Waals surface area contributed by atoms with E-state index in [2.05, 4.69) is 67.8 Å². The fourth-order valence-corrected chi connectivity index (χ4v) is 8.65. The summed E-state index contributed by atoms with van der Waals surface area (Å²) in [5, 5.41) is 23.2. The van der Waals surface area contributed by atoms with Crippen molar-refractivity contribution in [1.82, 2.24) is 5.32 Å². The van der Waals surface area contributed by atoms with Crippen molar-refractivity contribution in [2.24, 2.45) is 0 Å². The van der Waals surface area contributed by atoms with Gasteiger partial charge in [-0.1, -0.05) is 287 Å². The van der Waals surface area contributed by atoms with Crippen molar-refractivity contribution in [3.63, 3.8) is 0 Å². The van der Waals surface area contributed by atoms with Crippen molar-refractivity contribution < 1.29 is 15.0 Å². The van der Waals surface area contributed by atoms with Crippen molar-refractivity contribution >= 4 is 5.91 Å². The predicted octanol–water partition coefficient (Wildman–Crippen LogP) is 18.3. The van der Waals surface area contributed by atoms with E-state index in [9.17, 15) is 15.0 Å². The monoisotopic (exact) mass is 868 g/mol. The minimum absolute atomic E-state index is 0.0272. The van der Waals surface area contributed by atoms with Crippen LogP contribution in [0.5, 0.6) is 0 Å². The van der Waals surface area contributed by atoms with Gasteiger partial charge in [0.15, 0.2) is 0 Å². The van der Waals surface area contributed by atoms with Gasteiger partial charge in [-0.15, -0.1) is 0 Å². The maximum absolute atomic E-state index is 12.5. The van der Waals surface area contributed by atoms with E-state index in [1.807, 2.05) is 0 Å². The summed E-state index contributed by atoms with van der Waals surface area (Å²) >= 11 is 0. The zero-order valence-electron chi connectivity index (χ0n) is 41.9. The predicted molar refractivity (Wildman–Crippen MR) is 276 cm³/mol. The lowest BCUT2D eigenvalue weighted by atomic mass is 10.0. The van der Waals surface area contributed by atoms with E-state index >= 15 is 0 Å². The topological polar surface area (TPSA) is 69.6 Å². The smallest absolute Gasteiger partial charge is 0.220 e. The molecule has 0 aliphatic rings. The van der Waals surface area contributed by atoms with Gasteiger partial charge < -0.3 is 15.5 Å². The van der Waals surface area contributed by atoms with Crippen LogP contribution in [0.1, 0.15) is 296 Å². The van der Waals surface area contributed by atoms with Crippen LogP contribution in [0.2, 0.25) is 0 Å². The van der Waals surface area contributed by atoms with Crippen LogP contribution in [0.25, 0.3) is 0 Å². The molecule has 0 radical (unpaired) electrons. The zero-order valence-corrected chi connectivity index (χ0v) is 41.9. The Hall–Kier alpha value is -1.65. The molecule has 4 heteroatoms. The van der Waals surface area contributed by atoms with E-state index in [0.29, 0.717) is 12.8 Å². The van der Waals surface area contributed by atoms with Gasteiger partial charge >= 0.3 is 0 Å². The highest BCUT2D eigenvalue weighted by Crippen LogP contribution is 2.17. The fourth-order valence-electron chi connectivity index (χ4n) is 8.65. The summed E-state index contributed by atoms with van der Waals surface area (Å²) in [4.78, 5) is 12.5. The Kier molecular flexibility index (Phi) is 52.3. The van der Waals surface area contributed by atoms with E-state index < -0.39 is 12.1 Å². The van der Waals surface area contributed by atoms with E-state index in [1.54, 1.807) is 0 Å². The first-order chi connectivity index (χ1) is 30.7. The Labute approximate surface area is 388 Å². The number of nitrogens with one attached hydrogen (secondary N) is 1. The average Bonchev–Trinajstić information content (AvgIpc) is 3.28. The highest BCUT2D eigenvalue weighted by Gasteiger charge is 2.20. The lowest BCUT2D eigenvalue weighted by molar-refractivity contribution is -0.123.